The standard InChI is InChI=1S/C23H19N3O2S/c27-20(24-19-14-8-3-9-15-19)16-29-23-26-25-22(28-23)21(17-10-4-1-5-11-17)18-12-6-2-7-13-18/h1-15,21H,16H2,(H,24,27). The Morgan fingerprint density at radius 3 is 1.97 bits per heavy atom. The van der Waals surface area contributed by atoms with Gasteiger partial charge in [-0.05, 0) is 23.3 Å². The van der Waals surface area contributed by atoms with Crippen molar-refractivity contribution in [3.05, 3.63) is 108 Å². The number of aromatic nitrogens is 2. The zero-order chi connectivity index (χ0) is 19.9. The minimum atomic E-state index is -0.155. The van der Waals surface area contributed by atoms with Crippen molar-refractivity contribution >= 4 is 23.4 Å². The van der Waals surface area contributed by atoms with Gasteiger partial charge in [-0.25, -0.2) is 0 Å². The van der Waals surface area contributed by atoms with Gasteiger partial charge in [0.1, 0.15) is 0 Å². The molecule has 0 saturated carbocycles. The van der Waals surface area contributed by atoms with E-state index in [9.17, 15) is 4.79 Å². The molecule has 5 nitrogen and oxygen atoms in total. The van der Waals surface area contributed by atoms with Gasteiger partial charge >= 0.3 is 0 Å². The molecule has 4 rings (SSSR count). The summed E-state index contributed by atoms with van der Waals surface area (Å²) in [7, 11) is 0. The van der Waals surface area contributed by atoms with Gasteiger partial charge in [0.05, 0.1) is 11.7 Å². The molecule has 0 aliphatic carbocycles. The van der Waals surface area contributed by atoms with Crippen LogP contribution in [-0.4, -0.2) is 21.9 Å². The molecule has 0 unspecified atom stereocenters. The van der Waals surface area contributed by atoms with E-state index in [0.717, 1.165) is 16.8 Å². The largest absolute Gasteiger partial charge is 0.415 e. The average Bonchev–Trinajstić information content (AvgIpc) is 3.23. The lowest BCUT2D eigenvalue weighted by Crippen LogP contribution is -2.13. The molecular weight excluding hydrogens is 382 g/mol. The minimum Gasteiger partial charge on any atom is -0.415 e. The summed E-state index contributed by atoms with van der Waals surface area (Å²) in [6, 6.07) is 29.4. The molecule has 0 aliphatic heterocycles. The Morgan fingerprint density at radius 2 is 1.38 bits per heavy atom. The normalized spacial score (nSPS) is 10.8. The lowest BCUT2D eigenvalue weighted by molar-refractivity contribution is -0.113. The maximum absolute atomic E-state index is 12.1. The second-order valence-corrected chi connectivity index (χ2v) is 7.29. The van der Waals surface area contributed by atoms with Crippen LogP contribution in [0.1, 0.15) is 22.9 Å². The summed E-state index contributed by atoms with van der Waals surface area (Å²) < 4.78 is 5.92. The Labute approximate surface area is 173 Å². The Kier molecular flexibility index (Phi) is 6.02. The van der Waals surface area contributed by atoms with Crippen molar-refractivity contribution < 1.29 is 9.21 Å². The van der Waals surface area contributed by atoms with E-state index >= 15 is 0 Å². The quantitative estimate of drug-likeness (QED) is 0.442. The van der Waals surface area contributed by atoms with Crippen molar-refractivity contribution in [2.45, 2.75) is 11.1 Å². The first kappa shape index (κ1) is 19.0. The van der Waals surface area contributed by atoms with Crippen LogP contribution < -0.4 is 5.32 Å². The first-order valence-electron chi connectivity index (χ1n) is 9.20. The van der Waals surface area contributed by atoms with Crippen LogP contribution in [0.3, 0.4) is 0 Å². The topological polar surface area (TPSA) is 68.0 Å². The number of carbonyl (C=O) groups is 1. The molecule has 1 amide bonds. The number of carbonyl (C=O) groups excluding carboxylic acids is 1. The van der Waals surface area contributed by atoms with Crippen molar-refractivity contribution in [1.82, 2.24) is 10.2 Å². The van der Waals surface area contributed by atoms with Gasteiger partial charge in [-0.15, -0.1) is 10.2 Å². The molecule has 0 saturated heterocycles. The third kappa shape index (κ3) is 4.92. The van der Waals surface area contributed by atoms with Crippen LogP contribution in [0.4, 0.5) is 5.69 Å². The zero-order valence-electron chi connectivity index (χ0n) is 15.6. The molecular formula is C23H19N3O2S. The van der Waals surface area contributed by atoms with E-state index in [2.05, 4.69) is 15.5 Å². The summed E-state index contributed by atoms with van der Waals surface area (Å²) in [5, 5.41) is 11.6. The third-order valence-corrected chi connectivity index (χ3v) is 5.14. The molecule has 3 aromatic carbocycles. The second-order valence-electron chi connectivity index (χ2n) is 6.36. The summed E-state index contributed by atoms with van der Waals surface area (Å²) in [6.07, 6.45) is 0. The minimum absolute atomic E-state index is 0.122. The van der Waals surface area contributed by atoms with Gasteiger partial charge < -0.3 is 9.73 Å². The predicted molar refractivity (Wildman–Crippen MR) is 114 cm³/mol. The molecule has 1 N–H and O–H groups in total. The third-order valence-electron chi connectivity index (χ3n) is 4.32. The fourth-order valence-corrected chi connectivity index (χ4v) is 3.58. The van der Waals surface area contributed by atoms with Crippen LogP contribution in [0.5, 0.6) is 0 Å². The molecule has 4 aromatic rings. The molecule has 144 valence electrons. The van der Waals surface area contributed by atoms with E-state index in [1.54, 1.807) is 0 Å². The molecule has 0 aliphatic rings. The van der Waals surface area contributed by atoms with E-state index in [0.29, 0.717) is 11.1 Å². The fourth-order valence-electron chi connectivity index (χ4n) is 3.01. The number of hydrogen-bond donors (Lipinski definition) is 1. The number of benzene rings is 3. The average molecular weight is 401 g/mol. The monoisotopic (exact) mass is 401 g/mol. The lowest BCUT2D eigenvalue weighted by Gasteiger charge is -2.13. The highest BCUT2D eigenvalue weighted by molar-refractivity contribution is 7.99. The van der Waals surface area contributed by atoms with Crippen molar-refractivity contribution in [1.29, 1.82) is 0 Å². The summed E-state index contributed by atoms with van der Waals surface area (Å²) in [5.41, 5.74) is 2.90. The van der Waals surface area contributed by atoms with Crippen LogP contribution in [0.25, 0.3) is 0 Å². The Balaban J connectivity index is 1.48. The van der Waals surface area contributed by atoms with E-state index in [1.165, 1.54) is 11.8 Å². The highest BCUT2D eigenvalue weighted by Gasteiger charge is 2.23. The van der Waals surface area contributed by atoms with Crippen LogP contribution >= 0.6 is 11.8 Å². The van der Waals surface area contributed by atoms with Gasteiger partial charge in [-0.2, -0.15) is 0 Å². The van der Waals surface area contributed by atoms with Crippen LogP contribution in [0, 0.1) is 0 Å². The van der Waals surface area contributed by atoms with Gasteiger partial charge in [0, 0.05) is 5.69 Å². The van der Waals surface area contributed by atoms with Crippen molar-refractivity contribution in [2.75, 3.05) is 11.1 Å². The molecule has 1 aromatic heterocycles. The SMILES string of the molecule is O=C(CSc1nnc(C(c2ccccc2)c2ccccc2)o1)Nc1ccccc1. The molecule has 0 radical (unpaired) electrons. The second kappa shape index (κ2) is 9.21. The van der Waals surface area contributed by atoms with Gasteiger partial charge in [0.25, 0.3) is 5.22 Å². The highest BCUT2D eigenvalue weighted by Crippen LogP contribution is 2.32. The summed E-state index contributed by atoms with van der Waals surface area (Å²) >= 11 is 1.22. The molecule has 29 heavy (non-hydrogen) atoms. The van der Waals surface area contributed by atoms with Crippen molar-refractivity contribution in [2.24, 2.45) is 0 Å². The maximum atomic E-state index is 12.1. The van der Waals surface area contributed by atoms with E-state index in [4.69, 9.17) is 4.42 Å². The summed E-state index contributed by atoms with van der Waals surface area (Å²) in [5.74, 6) is 0.423. The maximum Gasteiger partial charge on any atom is 0.277 e. The summed E-state index contributed by atoms with van der Waals surface area (Å²) in [4.78, 5) is 12.1. The molecule has 6 heteroatoms. The van der Waals surface area contributed by atoms with E-state index in [-0.39, 0.29) is 17.6 Å². The zero-order valence-corrected chi connectivity index (χ0v) is 16.4. The van der Waals surface area contributed by atoms with Crippen LogP contribution in [0.2, 0.25) is 0 Å². The first-order valence-corrected chi connectivity index (χ1v) is 10.2. The Morgan fingerprint density at radius 1 is 0.828 bits per heavy atom. The van der Waals surface area contributed by atoms with Gasteiger partial charge in [0.15, 0.2) is 0 Å². The number of para-hydroxylation sites is 1. The van der Waals surface area contributed by atoms with Crippen molar-refractivity contribution in [3.8, 4) is 0 Å². The Hall–Kier alpha value is -3.38. The van der Waals surface area contributed by atoms with Gasteiger partial charge in [-0.3, -0.25) is 4.79 Å². The van der Waals surface area contributed by atoms with Gasteiger partial charge in [0.2, 0.25) is 11.8 Å². The Bertz CT molecular complexity index is 1010. The number of nitrogens with zero attached hydrogens (tertiary/aromatic N) is 2. The number of thioether (sulfide) groups is 1. The number of nitrogens with one attached hydrogen (secondary N) is 1. The first-order chi connectivity index (χ1) is 14.3. The number of anilines is 1. The van der Waals surface area contributed by atoms with E-state index in [1.807, 2.05) is 91.0 Å². The molecule has 0 fully saturated rings. The predicted octanol–water partition coefficient (Wildman–Crippen LogP) is 4.98. The lowest BCUT2D eigenvalue weighted by atomic mass is 9.91. The smallest absolute Gasteiger partial charge is 0.277 e. The molecule has 1 heterocycles. The number of rotatable bonds is 7. The number of hydrogen-bond acceptors (Lipinski definition) is 5. The number of amides is 1. The molecule has 0 atom stereocenters. The molecule has 0 bridgehead atoms. The fraction of sp³-hybridized carbons (Fsp3) is 0.0870. The highest BCUT2D eigenvalue weighted by atomic mass is 32.2. The van der Waals surface area contributed by atoms with Crippen LogP contribution in [-0.2, 0) is 4.79 Å². The van der Waals surface area contributed by atoms with Crippen molar-refractivity contribution in [3.63, 3.8) is 0 Å². The molecule has 0 spiro atoms. The van der Waals surface area contributed by atoms with Crippen LogP contribution in [0.15, 0.2) is 101 Å². The van der Waals surface area contributed by atoms with E-state index < -0.39 is 0 Å². The summed E-state index contributed by atoms with van der Waals surface area (Å²) in [6.45, 7) is 0. The van der Waals surface area contributed by atoms with Gasteiger partial charge in [-0.1, -0.05) is 90.6 Å².